The van der Waals surface area contributed by atoms with Crippen LogP contribution in [0, 0.1) is 10.1 Å². The van der Waals surface area contributed by atoms with E-state index < -0.39 is 0 Å². The monoisotopic (exact) mass is 256 g/mol. The molecule has 86 valence electrons. The number of hydrogen-bond acceptors (Lipinski definition) is 5. The van der Waals surface area contributed by atoms with Crippen molar-refractivity contribution in [2.75, 3.05) is 28.2 Å². The topological polar surface area (TPSA) is 46.4 Å². The molecule has 0 atom stereocenters. The van der Waals surface area contributed by atoms with Gasteiger partial charge in [-0.15, -0.1) is 23.5 Å². The van der Waals surface area contributed by atoms with E-state index in [0.29, 0.717) is 0 Å². The van der Waals surface area contributed by atoms with Crippen molar-refractivity contribution in [2.24, 2.45) is 0 Å². The van der Waals surface area contributed by atoms with Gasteiger partial charge in [-0.25, -0.2) is 0 Å². The van der Waals surface area contributed by atoms with E-state index in [0.717, 1.165) is 28.9 Å². The van der Waals surface area contributed by atoms with Gasteiger partial charge in [0.05, 0.1) is 16.7 Å². The number of nitro benzene ring substituents is 1. The minimum Gasteiger partial charge on any atom is -0.347 e. The van der Waals surface area contributed by atoms with Crippen LogP contribution < -0.4 is 4.90 Å². The maximum atomic E-state index is 10.9. The zero-order chi connectivity index (χ0) is 11.4. The lowest BCUT2D eigenvalue weighted by Gasteiger charge is -2.20. The molecule has 2 rings (SSSR count). The summed E-state index contributed by atoms with van der Waals surface area (Å²) in [5.41, 5.74) is 0.931. The Morgan fingerprint density at radius 1 is 1.19 bits per heavy atom. The Labute approximate surface area is 103 Å². The molecule has 1 fully saturated rings. The fourth-order valence-electron chi connectivity index (χ4n) is 1.53. The van der Waals surface area contributed by atoms with Crippen molar-refractivity contribution in [3.05, 3.63) is 34.4 Å². The van der Waals surface area contributed by atoms with Crippen LogP contribution in [-0.2, 0) is 0 Å². The zero-order valence-electron chi connectivity index (χ0n) is 8.67. The van der Waals surface area contributed by atoms with E-state index in [4.69, 9.17) is 0 Å². The summed E-state index contributed by atoms with van der Waals surface area (Å²) in [4.78, 5) is 12.7. The lowest BCUT2D eigenvalue weighted by atomic mass is 10.2. The third-order valence-electron chi connectivity index (χ3n) is 2.29. The number of hydrogen-bond donors (Lipinski definition) is 0. The van der Waals surface area contributed by atoms with E-state index in [2.05, 4.69) is 4.90 Å². The molecule has 0 radical (unpaired) electrons. The van der Waals surface area contributed by atoms with Crippen LogP contribution in [0.5, 0.6) is 0 Å². The van der Waals surface area contributed by atoms with Gasteiger partial charge < -0.3 is 4.90 Å². The summed E-state index contributed by atoms with van der Waals surface area (Å²) in [6.07, 6.45) is 0. The van der Waals surface area contributed by atoms with Crippen molar-refractivity contribution < 1.29 is 4.92 Å². The van der Waals surface area contributed by atoms with Crippen LogP contribution in [0.3, 0.4) is 0 Å². The lowest BCUT2D eigenvalue weighted by molar-refractivity contribution is -0.384. The van der Waals surface area contributed by atoms with Crippen LogP contribution in [0.25, 0.3) is 0 Å². The van der Waals surface area contributed by atoms with Gasteiger partial charge in [0, 0.05) is 17.6 Å². The number of benzene rings is 1. The van der Waals surface area contributed by atoms with Crippen LogP contribution >= 0.6 is 23.5 Å². The fraction of sp³-hybridized carbons (Fsp3) is 0.400. The first-order chi connectivity index (χ1) is 7.79. The van der Waals surface area contributed by atoms with Crippen LogP contribution in [-0.4, -0.2) is 28.2 Å². The fourth-order valence-corrected chi connectivity index (χ4v) is 3.75. The first kappa shape index (κ1) is 11.6. The van der Waals surface area contributed by atoms with E-state index in [9.17, 15) is 10.1 Å². The van der Waals surface area contributed by atoms with E-state index in [1.807, 2.05) is 35.7 Å². The molecule has 0 N–H and O–H groups in total. The van der Waals surface area contributed by atoms with Gasteiger partial charge in [-0.2, -0.15) is 0 Å². The molecule has 1 aliphatic rings. The predicted octanol–water partition coefficient (Wildman–Crippen LogP) is 2.80. The van der Waals surface area contributed by atoms with Crippen LogP contribution in [0.1, 0.15) is 0 Å². The Morgan fingerprint density at radius 3 is 2.44 bits per heavy atom. The van der Waals surface area contributed by atoms with E-state index in [1.165, 1.54) is 0 Å². The maximum Gasteiger partial charge on any atom is 0.292 e. The summed E-state index contributed by atoms with van der Waals surface area (Å²) in [6, 6.07) is 6.95. The first-order valence-electron chi connectivity index (χ1n) is 4.93. The third kappa shape index (κ3) is 2.62. The second-order valence-corrected chi connectivity index (χ2v) is 5.51. The van der Waals surface area contributed by atoms with Gasteiger partial charge >= 0.3 is 0 Å². The highest BCUT2D eigenvalue weighted by Crippen LogP contribution is 2.31. The van der Waals surface area contributed by atoms with Crippen molar-refractivity contribution in [3.8, 4) is 0 Å². The molecule has 0 spiro atoms. The summed E-state index contributed by atoms with van der Waals surface area (Å²) in [5, 5.41) is 10.9. The van der Waals surface area contributed by atoms with Crippen molar-refractivity contribution in [1.82, 2.24) is 0 Å². The average molecular weight is 256 g/mol. The quantitative estimate of drug-likeness (QED) is 0.601. The molecule has 1 heterocycles. The van der Waals surface area contributed by atoms with Crippen molar-refractivity contribution in [2.45, 2.75) is 0 Å². The standard InChI is InChI=1S/C10H12N2O2S2/c13-12(14)10-4-2-1-3-9(10)11-7-15-5-6-16-8-11/h1-4H,5-8H2. The minimum atomic E-state index is -0.310. The normalized spacial score (nSPS) is 16.9. The first-order valence-corrected chi connectivity index (χ1v) is 7.24. The molecule has 1 aliphatic heterocycles. The Morgan fingerprint density at radius 2 is 1.81 bits per heavy atom. The Balaban J connectivity index is 2.27. The molecule has 1 aromatic rings. The summed E-state index contributed by atoms with van der Waals surface area (Å²) >= 11 is 3.64. The van der Waals surface area contributed by atoms with Crippen LogP contribution in [0.4, 0.5) is 11.4 Å². The molecule has 0 aromatic heterocycles. The van der Waals surface area contributed by atoms with Crippen molar-refractivity contribution >= 4 is 34.9 Å². The molecule has 1 saturated heterocycles. The van der Waals surface area contributed by atoms with Crippen molar-refractivity contribution in [3.63, 3.8) is 0 Å². The highest BCUT2D eigenvalue weighted by Gasteiger charge is 2.19. The van der Waals surface area contributed by atoms with Gasteiger partial charge in [0.15, 0.2) is 0 Å². The second-order valence-electron chi connectivity index (χ2n) is 3.36. The van der Waals surface area contributed by atoms with Gasteiger partial charge in [-0.3, -0.25) is 10.1 Å². The third-order valence-corrected chi connectivity index (χ3v) is 4.52. The summed E-state index contributed by atoms with van der Waals surface area (Å²) in [5.74, 6) is 3.89. The summed E-state index contributed by atoms with van der Waals surface area (Å²) in [7, 11) is 0. The Bertz CT molecular complexity index is 379. The Hall–Kier alpha value is -0.880. The second kappa shape index (κ2) is 5.45. The highest BCUT2D eigenvalue weighted by molar-refractivity contribution is 8.03. The summed E-state index contributed by atoms with van der Waals surface area (Å²) in [6.45, 7) is 0. The molecule has 0 aliphatic carbocycles. The molecular weight excluding hydrogens is 244 g/mol. The smallest absolute Gasteiger partial charge is 0.292 e. The summed E-state index contributed by atoms with van der Waals surface area (Å²) < 4.78 is 0. The minimum absolute atomic E-state index is 0.200. The van der Waals surface area contributed by atoms with Crippen LogP contribution in [0.2, 0.25) is 0 Å². The molecule has 4 nitrogen and oxygen atoms in total. The highest BCUT2D eigenvalue weighted by atomic mass is 32.2. The largest absolute Gasteiger partial charge is 0.347 e. The number of rotatable bonds is 2. The van der Waals surface area contributed by atoms with Gasteiger partial charge in [-0.1, -0.05) is 12.1 Å². The molecule has 0 amide bonds. The Kier molecular flexibility index (Phi) is 3.95. The molecule has 0 unspecified atom stereocenters. The molecule has 16 heavy (non-hydrogen) atoms. The molecule has 6 heteroatoms. The van der Waals surface area contributed by atoms with Crippen LogP contribution in [0.15, 0.2) is 24.3 Å². The van der Waals surface area contributed by atoms with E-state index >= 15 is 0 Å². The number of nitro groups is 1. The lowest BCUT2D eigenvalue weighted by Crippen LogP contribution is -2.21. The van der Waals surface area contributed by atoms with Crippen molar-refractivity contribution in [1.29, 1.82) is 0 Å². The number of anilines is 1. The number of thioether (sulfide) groups is 2. The van der Waals surface area contributed by atoms with Gasteiger partial charge in [0.25, 0.3) is 5.69 Å². The predicted molar refractivity (Wildman–Crippen MR) is 70.2 cm³/mol. The van der Waals surface area contributed by atoms with E-state index in [1.54, 1.807) is 12.1 Å². The number of nitrogens with zero attached hydrogens (tertiary/aromatic N) is 2. The number of para-hydroxylation sites is 2. The SMILES string of the molecule is O=[N+]([O-])c1ccccc1N1CSCCSC1. The van der Waals surface area contributed by atoms with E-state index in [-0.39, 0.29) is 10.6 Å². The molecular formula is C10H12N2O2S2. The molecule has 1 aromatic carbocycles. The van der Waals surface area contributed by atoms with Gasteiger partial charge in [0.2, 0.25) is 0 Å². The van der Waals surface area contributed by atoms with Gasteiger partial charge in [0.1, 0.15) is 5.69 Å². The maximum absolute atomic E-state index is 10.9. The zero-order valence-corrected chi connectivity index (χ0v) is 10.3. The average Bonchev–Trinajstić information content (AvgIpc) is 2.57. The van der Waals surface area contributed by atoms with Gasteiger partial charge in [-0.05, 0) is 6.07 Å². The molecule has 0 saturated carbocycles. The molecule has 0 bridgehead atoms.